The Bertz CT molecular complexity index is 1170. The number of hydrogen-bond donors (Lipinski definition) is 3. The van der Waals surface area contributed by atoms with E-state index in [0.29, 0.717) is 29.2 Å². The van der Waals surface area contributed by atoms with Crippen molar-refractivity contribution < 1.29 is 24.2 Å². The first-order valence-electron chi connectivity index (χ1n) is 12.9. The van der Waals surface area contributed by atoms with Crippen LogP contribution in [0.4, 0.5) is 0 Å². The van der Waals surface area contributed by atoms with E-state index in [2.05, 4.69) is 22.8 Å². The van der Waals surface area contributed by atoms with Crippen molar-refractivity contribution in [2.24, 2.45) is 0 Å². The monoisotopic (exact) mass is 516 g/mol. The zero-order valence-electron chi connectivity index (χ0n) is 22.0. The van der Waals surface area contributed by atoms with E-state index in [9.17, 15) is 9.59 Å². The number of nitrogens with one attached hydrogen (secondary N) is 2. The zero-order chi connectivity index (χ0) is 27.2. The minimum Gasteiger partial charge on any atom is -0.494 e. The Kier molecular flexibility index (Phi) is 11.4. The fourth-order valence-corrected chi connectivity index (χ4v) is 3.67. The van der Waals surface area contributed by atoms with Crippen LogP contribution in [0, 0.1) is 0 Å². The molecule has 3 aromatic rings. The van der Waals surface area contributed by atoms with Gasteiger partial charge >= 0.3 is 0 Å². The van der Waals surface area contributed by atoms with E-state index in [0.717, 1.165) is 19.3 Å². The van der Waals surface area contributed by atoms with Crippen molar-refractivity contribution in [1.29, 1.82) is 0 Å². The Morgan fingerprint density at radius 3 is 2.24 bits per heavy atom. The minimum atomic E-state index is -0.495. The number of hydrogen-bond acceptors (Lipinski definition) is 5. The summed E-state index contributed by atoms with van der Waals surface area (Å²) < 4.78 is 11.5. The van der Waals surface area contributed by atoms with E-state index in [1.807, 2.05) is 32.0 Å². The molecule has 0 saturated carbocycles. The molecule has 0 aliphatic heterocycles. The maximum absolute atomic E-state index is 12.9. The van der Waals surface area contributed by atoms with Crippen LogP contribution in [0.3, 0.4) is 0 Å². The maximum Gasteiger partial charge on any atom is 0.267 e. The van der Waals surface area contributed by atoms with Crippen LogP contribution in [0.25, 0.3) is 6.08 Å². The summed E-state index contributed by atoms with van der Waals surface area (Å²) in [6.45, 7) is 4.35. The average Bonchev–Trinajstić information content (AvgIpc) is 2.92. The van der Waals surface area contributed by atoms with E-state index in [1.165, 1.54) is 5.56 Å². The molecule has 0 aliphatic rings. The van der Waals surface area contributed by atoms with Gasteiger partial charge < -0.3 is 25.2 Å². The second-order valence-electron chi connectivity index (χ2n) is 9.04. The molecule has 0 atom stereocenters. The van der Waals surface area contributed by atoms with E-state index in [4.69, 9.17) is 14.6 Å². The lowest BCUT2D eigenvalue weighted by atomic mass is 10.1. The highest BCUT2D eigenvalue weighted by Gasteiger charge is 2.15. The summed E-state index contributed by atoms with van der Waals surface area (Å²) in [7, 11) is 0. The second kappa shape index (κ2) is 15.2. The Labute approximate surface area is 224 Å². The van der Waals surface area contributed by atoms with Gasteiger partial charge in [0.25, 0.3) is 11.8 Å². The number of rotatable bonds is 14. The molecule has 0 aliphatic carbocycles. The molecule has 7 heteroatoms. The number of unbranched alkanes of at least 4 members (excludes halogenated alkanes) is 1. The van der Waals surface area contributed by atoms with Crippen LogP contribution in [0.1, 0.15) is 48.2 Å². The molecule has 38 heavy (non-hydrogen) atoms. The Hall–Kier alpha value is -4.10. The number of amides is 2. The number of aliphatic hydroxyl groups is 1. The van der Waals surface area contributed by atoms with Crippen LogP contribution in [-0.2, 0) is 11.2 Å². The lowest BCUT2D eigenvalue weighted by Gasteiger charge is -2.12. The fraction of sp³-hybridized carbons (Fsp3) is 0.290. The molecule has 3 rings (SSSR count). The Morgan fingerprint density at radius 1 is 0.895 bits per heavy atom. The molecule has 7 nitrogen and oxygen atoms in total. The van der Waals surface area contributed by atoms with Gasteiger partial charge in [0, 0.05) is 12.1 Å². The summed E-state index contributed by atoms with van der Waals surface area (Å²) in [6.07, 6.45) is 4.61. The van der Waals surface area contributed by atoms with Gasteiger partial charge in [-0.2, -0.15) is 0 Å². The van der Waals surface area contributed by atoms with Crippen molar-refractivity contribution in [2.75, 3.05) is 19.8 Å². The van der Waals surface area contributed by atoms with Crippen LogP contribution in [0.2, 0.25) is 0 Å². The number of ether oxygens (including phenoxy) is 2. The van der Waals surface area contributed by atoms with Crippen molar-refractivity contribution >= 4 is 17.9 Å². The Balaban J connectivity index is 1.57. The highest BCUT2D eigenvalue weighted by molar-refractivity contribution is 6.05. The standard InChI is InChI=1S/C31H36N2O5/c1-23(2)38-28-15-11-25(12-16-28)22-29(31(36)32-19-20-34)33-30(35)26-13-17-27(18-14-26)37-21-7-6-10-24-8-4-3-5-9-24/h3-5,8-9,11-18,22-23,34H,6-7,10,19-21H2,1-2H3,(H,32,36)(H,33,35). The summed E-state index contributed by atoms with van der Waals surface area (Å²) in [5, 5.41) is 14.3. The van der Waals surface area contributed by atoms with Crippen LogP contribution in [0.15, 0.2) is 84.6 Å². The van der Waals surface area contributed by atoms with Gasteiger partial charge in [-0.05, 0) is 86.7 Å². The van der Waals surface area contributed by atoms with Crippen LogP contribution in [0.5, 0.6) is 11.5 Å². The summed E-state index contributed by atoms with van der Waals surface area (Å²) in [6, 6.07) is 24.4. The maximum atomic E-state index is 12.9. The first-order chi connectivity index (χ1) is 18.4. The average molecular weight is 517 g/mol. The number of aliphatic hydroxyl groups excluding tert-OH is 1. The van der Waals surface area contributed by atoms with Gasteiger partial charge in [0.1, 0.15) is 17.2 Å². The van der Waals surface area contributed by atoms with Crippen molar-refractivity contribution in [3.05, 3.63) is 101 Å². The highest BCUT2D eigenvalue weighted by atomic mass is 16.5. The van der Waals surface area contributed by atoms with Gasteiger partial charge in [0.15, 0.2) is 0 Å². The quantitative estimate of drug-likeness (QED) is 0.212. The van der Waals surface area contributed by atoms with Gasteiger partial charge in [-0.25, -0.2) is 0 Å². The molecule has 0 radical (unpaired) electrons. The fourth-order valence-electron chi connectivity index (χ4n) is 3.67. The van der Waals surface area contributed by atoms with E-state index in [-0.39, 0.29) is 25.0 Å². The third-order valence-electron chi connectivity index (χ3n) is 5.54. The van der Waals surface area contributed by atoms with Crippen molar-refractivity contribution in [2.45, 2.75) is 39.2 Å². The van der Waals surface area contributed by atoms with Gasteiger partial charge in [-0.1, -0.05) is 42.5 Å². The van der Waals surface area contributed by atoms with Crippen molar-refractivity contribution in [3.63, 3.8) is 0 Å². The molecule has 0 heterocycles. The van der Waals surface area contributed by atoms with Crippen LogP contribution < -0.4 is 20.1 Å². The van der Waals surface area contributed by atoms with Gasteiger partial charge in [-0.15, -0.1) is 0 Å². The summed E-state index contributed by atoms with van der Waals surface area (Å²) in [5.41, 5.74) is 2.49. The molecule has 3 aromatic carbocycles. The molecular weight excluding hydrogens is 480 g/mol. The topological polar surface area (TPSA) is 96.9 Å². The SMILES string of the molecule is CC(C)Oc1ccc(C=C(NC(=O)c2ccc(OCCCCc3ccccc3)cc2)C(=O)NCCO)cc1. The first kappa shape index (κ1) is 28.5. The summed E-state index contributed by atoms with van der Waals surface area (Å²) in [5.74, 6) is 0.474. The lowest BCUT2D eigenvalue weighted by Crippen LogP contribution is -2.36. The normalized spacial score (nSPS) is 11.2. The Morgan fingerprint density at radius 2 is 1.58 bits per heavy atom. The molecule has 0 saturated heterocycles. The van der Waals surface area contributed by atoms with Crippen LogP contribution >= 0.6 is 0 Å². The third-order valence-corrected chi connectivity index (χ3v) is 5.54. The predicted octanol–water partition coefficient (Wildman–Crippen LogP) is 4.75. The lowest BCUT2D eigenvalue weighted by molar-refractivity contribution is -0.117. The molecule has 0 spiro atoms. The van der Waals surface area contributed by atoms with E-state index < -0.39 is 11.8 Å². The number of carbonyl (C=O) groups excluding carboxylic acids is 2. The van der Waals surface area contributed by atoms with Crippen molar-refractivity contribution in [1.82, 2.24) is 10.6 Å². The number of aryl methyl sites for hydroxylation is 1. The van der Waals surface area contributed by atoms with Crippen LogP contribution in [-0.4, -0.2) is 42.8 Å². The molecule has 200 valence electrons. The molecule has 0 fully saturated rings. The summed E-state index contributed by atoms with van der Waals surface area (Å²) in [4.78, 5) is 25.6. The molecular formula is C31H36N2O5. The first-order valence-corrected chi connectivity index (χ1v) is 12.9. The molecule has 0 unspecified atom stereocenters. The van der Waals surface area contributed by atoms with E-state index >= 15 is 0 Å². The zero-order valence-corrected chi connectivity index (χ0v) is 22.0. The van der Waals surface area contributed by atoms with Gasteiger partial charge in [0.05, 0.1) is 19.3 Å². The number of carbonyl (C=O) groups is 2. The smallest absolute Gasteiger partial charge is 0.267 e. The third kappa shape index (κ3) is 9.75. The van der Waals surface area contributed by atoms with Gasteiger partial charge in [0.2, 0.25) is 0 Å². The molecule has 0 aromatic heterocycles. The largest absolute Gasteiger partial charge is 0.494 e. The predicted molar refractivity (Wildman–Crippen MR) is 149 cm³/mol. The number of benzene rings is 3. The van der Waals surface area contributed by atoms with E-state index in [1.54, 1.807) is 54.6 Å². The molecule has 0 bridgehead atoms. The van der Waals surface area contributed by atoms with Crippen molar-refractivity contribution in [3.8, 4) is 11.5 Å². The second-order valence-corrected chi connectivity index (χ2v) is 9.04. The highest BCUT2D eigenvalue weighted by Crippen LogP contribution is 2.17. The molecule has 3 N–H and O–H groups in total. The van der Waals surface area contributed by atoms with Gasteiger partial charge in [-0.3, -0.25) is 9.59 Å². The minimum absolute atomic E-state index is 0.0481. The molecule has 2 amide bonds. The summed E-state index contributed by atoms with van der Waals surface area (Å²) >= 11 is 0.